The van der Waals surface area contributed by atoms with Gasteiger partial charge in [-0.1, -0.05) is 61.7 Å². The maximum absolute atomic E-state index is 13.3. The Morgan fingerprint density at radius 1 is 1.07 bits per heavy atom. The zero-order valence-electron chi connectivity index (χ0n) is 17.4. The van der Waals surface area contributed by atoms with Crippen LogP contribution in [0.25, 0.3) is 0 Å². The lowest BCUT2D eigenvalue weighted by molar-refractivity contribution is -0.119. The topological polar surface area (TPSA) is 66.5 Å². The molecule has 2 aromatic carbocycles. The van der Waals surface area contributed by atoms with Gasteiger partial charge in [-0.3, -0.25) is 9.10 Å². The van der Waals surface area contributed by atoms with Crippen molar-refractivity contribution in [1.29, 1.82) is 0 Å². The Balaban J connectivity index is 2.28. The lowest BCUT2D eigenvalue weighted by Crippen LogP contribution is -2.41. The standard InChI is InChI=1S/C21H26Cl2N2O3S2/c1-15-5-7-19(8-6-15)30(27,28)25(18-12-16(22)11-17(23)13-18)14-20(26)24-9-10-29-21(2,3)4/h5-8,11-13H,9-10,14H2,1-4H3,(H,24,26). The van der Waals surface area contributed by atoms with Crippen molar-refractivity contribution in [3.05, 3.63) is 58.1 Å². The number of nitrogens with one attached hydrogen (secondary N) is 1. The Bertz CT molecular complexity index is 968. The van der Waals surface area contributed by atoms with Gasteiger partial charge >= 0.3 is 0 Å². The molecular formula is C21H26Cl2N2O3S2. The molecule has 2 rings (SSSR count). The predicted octanol–water partition coefficient (Wildman–Crippen LogP) is 5.15. The van der Waals surface area contributed by atoms with E-state index in [9.17, 15) is 13.2 Å². The van der Waals surface area contributed by atoms with Gasteiger partial charge in [0.1, 0.15) is 6.54 Å². The van der Waals surface area contributed by atoms with Crippen molar-refractivity contribution in [2.45, 2.75) is 37.3 Å². The number of hydrogen-bond acceptors (Lipinski definition) is 4. The summed E-state index contributed by atoms with van der Waals surface area (Å²) in [6, 6.07) is 10.9. The summed E-state index contributed by atoms with van der Waals surface area (Å²) in [5, 5.41) is 3.35. The van der Waals surface area contributed by atoms with Gasteiger partial charge in [0.15, 0.2) is 0 Å². The minimum atomic E-state index is -4.00. The van der Waals surface area contributed by atoms with Crippen LogP contribution in [0.3, 0.4) is 0 Å². The summed E-state index contributed by atoms with van der Waals surface area (Å²) in [7, 11) is -4.00. The largest absolute Gasteiger partial charge is 0.354 e. The number of sulfonamides is 1. The Morgan fingerprint density at radius 3 is 2.17 bits per heavy atom. The van der Waals surface area contributed by atoms with Gasteiger partial charge < -0.3 is 5.32 Å². The maximum Gasteiger partial charge on any atom is 0.264 e. The molecule has 0 saturated carbocycles. The van der Waals surface area contributed by atoms with Gasteiger partial charge in [0, 0.05) is 27.1 Å². The number of thioether (sulfide) groups is 1. The first-order valence-corrected chi connectivity index (χ1v) is 12.5. The lowest BCUT2D eigenvalue weighted by atomic mass is 10.2. The minimum absolute atomic E-state index is 0.0836. The first-order chi connectivity index (χ1) is 13.9. The molecule has 5 nitrogen and oxygen atoms in total. The van der Waals surface area contributed by atoms with Crippen LogP contribution >= 0.6 is 35.0 Å². The quantitative estimate of drug-likeness (QED) is 0.522. The molecule has 2 aromatic rings. The first-order valence-electron chi connectivity index (χ1n) is 9.35. The second-order valence-corrected chi connectivity index (χ2v) is 12.4. The van der Waals surface area contributed by atoms with Gasteiger partial charge in [-0.2, -0.15) is 11.8 Å². The average Bonchev–Trinajstić information content (AvgIpc) is 2.62. The second-order valence-electron chi connectivity index (χ2n) is 7.76. The van der Waals surface area contributed by atoms with Crippen LogP contribution in [-0.2, 0) is 14.8 Å². The Labute approximate surface area is 193 Å². The van der Waals surface area contributed by atoms with Crippen molar-refractivity contribution in [2.75, 3.05) is 23.1 Å². The zero-order valence-corrected chi connectivity index (χ0v) is 20.6. The van der Waals surface area contributed by atoms with Gasteiger partial charge in [0.2, 0.25) is 5.91 Å². The monoisotopic (exact) mass is 488 g/mol. The number of halogens is 2. The van der Waals surface area contributed by atoms with E-state index in [1.807, 2.05) is 6.92 Å². The van der Waals surface area contributed by atoms with Crippen LogP contribution in [0.4, 0.5) is 5.69 Å². The van der Waals surface area contributed by atoms with Crippen molar-refractivity contribution >= 4 is 56.6 Å². The fraction of sp³-hybridized carbons (Fsp3) is 0.381. The Morgan fingerprint density at radius 2 is 1.63 bits per heavy atom. The van der Waals surface area contributed by atoms with Crippen LogP contribution in [0.15, 0.2) is 47.4 Å². The highest BCUT2D eigenvalue weighted by atomic mass is 35.5. The van der Waals surface area contributed by atoms with E-state index in [1.165, 1.54) is 30.3 Å². The van der Waals surface area contributed by atoms with Gasteiger partial charge in [0.05, 0.1) is 10.6 Å². The second kappa shape index (κ2) is 10.3. The van der Waals surface area contributed by atoms with Gasteiger partial charge in [-0.15, -0.1) is 0 Å². The molecule has 0 aromatic heterocycles. The molecule has 9 heteroatoms. The molecule has 0 fully saturated rings. The molecule has 0 saturated heterocycles. The summed E-state index contributed by atoms with van der Waals surface area (Å²) in [5.74, 6) is 0.319. The number of hydrogen-bond donors (Lipinski definition) is 1. The molecule has 0 unspecified atom stereocenters. The molecule has 0 spiro atoms. The predicted molar refractivity (Wildman–Crippen MR) is 127 cm³/mol. The third-order valence-electron chi connectivity index (χ3n) is 3.99. The SMILES string of the molecule is Cc1ccc(S(=O)(=O)N(CC(=O)NCCSC(C)(C)C)c2cc(Cl)cc(Cl)c2)cc1. The number of carbonyl (C=O) groups is 1. The number of rotatable bonds is 8. The average molecular weight is 489 g/mol. The number of nitrogens with zero attached hydrogens (tertiary/aromatic N) is 1. The van der Waals surface area contributed by atoms with E-state index in [0.29, 0.717) is 6.54 Å². The fourth-order valence-electron chi connectivity index (χ4n) is 2.57. The lowest BCUT2D eigenvalue weighted by Gasteiger charge is -2.25. The van der Waals surface area contributed by atoms with Gasteiger partial charge in [0.25, 0.3) is 10.0 Å². The number of amides is 1. The first kappa shape index (κ1) is 24.9. The highest BCUT2D eigenvalue weighted by Crippen LogP contribution is 2.29. The van der Waals surface area contributed by atoms with Gasteiger partial charge in [-0.05, 0) is 37.3 Å². The normalized spacial score (nSPS) is 11.9. The molecule has 30 heavy (non-hydrogen) atoms. The number of carbonyl (C=O) groups excluding carboxylic acids is 1. The molecule has 1 N–H and O–H groups in total. The van der Waals surface area contributed by atoms with E-state index < -0.39 is 15.9 Å². The van der Waals surface area contributed by atoms with Crippen molar-refractivity contribution < 1.29 is 13.2 Å². The number of aryl methyl sites for hydroxylation is 1. The van der Waals surface area contributed by atoms with Crippen LogP contribution < -0.4 is 9.62 Å². The third kappa shape index (κ3) is 7.38. The van der Waals surface area contributed by atoms with Crippen molar-refractivity contribution in [2.24, 2.45) is 0 Å². The zero-order chi connectivity index (χ0) is 22.5. The fourth-order valence-corrected chi connectivity index (χ4v) is 5.31. The van der Waals surface area contributed by atoms with E-state index in [4.69, 9.17) is 23.2 Å². The summed E-state index contributed by atoms with van der Waals surface area (Å²) in [4.78, 5) is 12.6. The summed E-state index contributed by atoms with van der Waals surface area (Å²) in [5.41, 5.74) is 1.16. The smallest absolute Gasteiger partial charge is 0.264 e. The van der Waals surface area contributed by atoms with Crippen LogP contribution in [0, 0.1) is 6.92 Å². The molecule has 0 aliphatic heterocycles. The summed E-state index contributed by atoms with van der Waals surface area (Å²) < 4.78 is 27.8. The molecule has 164 valence electrons. The molecule has 0 aliphatic rings. The van der Waals surface area contributed by atoms with Crippen LogP contribution in [0.5, 0.6) is 0 Å². The Kier molecular flexibility index (Phi) is 8.51. The van der Waals surface area contributed by atoms with Gasteiger partial charge in [-0.25, -0.2) is 8.42 Å². The highest BCUT2D eigenvalue weighted by molar-refractivity contribution is 8.00. The minimum Gasteiger partial charge on any atom is -0.354 e. The molecule has 0 atom stereocenters. The van der Waals surface area contributed by atoms with E-state index >= 15 is 0 Å². The molecule has 0 radical (unpaired) electrons. The maximum atomic E-state index is 13.3. The number of benzene rings is 2. The van der Waals surface area contributed by atoms with Crippen LogP contribution in [0.1, 0.15) is 26.3 Å². The van der Waals surface area contributed by atoms with E-state index in [-0.39, 0.29) is 31.9 Å². The van der Waals surface area contributed by atoms with Crippen molar-refractivity contribution in [3.63, 3.8) is 0 Å². The van der Waals surface area contributed by atoms with E-state index in [2.05, 4.69) is 26.1 Å². The van der Waals surface area contributed by atoms with Crippen molar-refractivity contribution in [1.82, 2.24) is 5.32 Å². The summed E-state index contributed by atoms with van der Waals surface area (Å²) in [6.07, 6.45) is 0. The molecule has 0 heterocycles. The number of anilines is 1. The van der Waals surface area contributed by atoms with E-state index in [0.717, 1.165) is 15.6 Å². The molecule has 0 bridgehead atoms. The summed E-state index contributed by atoms with van der Waals surface area (Å²) in [6.45, 7) is 8.21. The highest BCUT2D eigenvalue weighted by Gasteiger charge is 2.27. The third-order valence-corrected chi connectivity index (χ3v) is 7.49. The van der Waals surface area contributed by atoms with Crippen LogP contribution in [-0.4, -0.2) is 37.9 Å². The molecule has 0 aliphatic carbocycles. The van der Waals surface area contributed by atoms with Crippen LogP contribution in [0.2, 0.25) is 10.0 Å². The van der Waals surface area contributed by atoms with Crippen molar-refractivity contribution in [3.8, 4) is 0 Å². The molecular weight excluding hydrogens is 463 g/mol. The molecule has 1 amide bonds. The van der Waals surface area contributed by atoms with E-state index in [1.54, 1.807) is 23.9 Å². The summed E-state index contributed by atoms with van der Waals surface area (Å²) >= 11 is 13.9. The Hall–Kier alpha value is -1.41.